The van der Waals surface area contributed by atoms with Crippen LogP contribution in [0.1, 0.15) is 25.3 Å². The highest BCUT2D eigenvalue weighted by atomic mass is 16.5. The Hall–Kier alpha value is -1.90. The fraction of sp³-hybridized carbons (Fsp3) is 0.286. The van der Waals surface area contributed by atoms with Crippen LogP contribution in [-0.2, 0) is 14.3 Å². The summed E-state index contributed by atoms with van der Waals surface area (Å²) in [4.78, 5) is 22.5. The van der Waals surface area contributed by atoms with Crippen LogP contribution in [-0.4, -0.2) is 18.4 Å². The first kappa shape index (κ1) is 13.2. The van der Waals surface area contributed by atoms with Gasteiger partial charge in [0.2, 0.25) is 0 Å². The molecule has 0 fully saturated rings. The summed E-state index contributed by atoms with van der Waals surface area (Å²) < 4.78 is 4.74. The van der Waals surface area contributed by atoms with Gasteiger partial charge in [-0.05, 0) is 18.6 Å². The first-order valence-corrected chi connectivity index (χ1v) is 5.64. The molecule has 3 heteroatoms. The summed E-state index contributed by atoms with van der Waals surface area (Å²) >= 11 is 0. The molecule has 0 aliphatic rings. The van der Waals surface area contributed by atoms with Crippen molar-refractivity contribution in [2.45, 2.75) is 19.8 Å². The molecule has 0 spiro atoms. The summed E-state index contributed by atoms with van der Waals surface area (Å²) in [7, 11) is 0. The van der Waals surface area contributed by atoms with Gasteiger partial charge in [-0.3, -0.25) is 9.59 Å². The van der Waals surface area contributed by atoms with E-state index in [9.17, 15) is 9.59 Å². The van der Waals surface area contributed by atoms with Gasteiger partial charge in [0.1, 0.15) is 0 Å². The number of ether oxygens (including phenoxy) is 1. The van der Waals surface area contributed by atoms with Crippen molar-refractivity contribution in [3.63, 3.8) is 0 Å². The molecule has 0 saturated carbocycles. The predicted molar refractivity (Wildman–Crippen MR) is 66.4 cm³/mol. The molecule has 1 rings (SSSR count). The lowest BCUT2D eigenvalue weighted by Gasteiger charge is -1.98. The molecule has 3 nitrogen and oxygen atoms in total. The molecule has 0 N–H and O–H groups in total. The average Bonchev–Trinajstić information content (AvgIpc) is 2.35. The molecule has 90 valence electrons. The van der Waals surface area contributed by atoms with E-state index in [1.54, 1.807) is 13.0 Å². The van der Waals surface area contributed by atoms with E-state index in [0.717, 1.165) is 5.56 Å². The van der Waals surface area contributed by atoms with Gasteiger partial charge in [-0.15, -0.1) is 0 Å². The lowest BCUT2D eigenvalue weighted by molar-refractivity contribution is -0.144. The molecular formula is C14H16O3. The fourth-order valence-corrected chi connectivity index (χ4v) is 1.30. The lowest BCUT2D eigenvalue weighted by Crippen LogP contribution is -2.06. The van der Waals surface area contributed by atoms with Crippen molar-refractivity contribution in [1.82, 2.24) is 0 Å². The fourth-order valence-electron chi connectivity index (χ4n) is 1.30. The number of rotatable bonds is 6. The van der Waals surface area contributed by atoms with Crippen LogP contribution in [0.2, 0.25) is 0 Å². The number of hydrogen-bond acceptors (Lipinski definition) is 3. The zero-order valence-electron chi connectivity index (χ0n) is 9.89. The number of carbonyl (C=O) groups excluding carboxylic acids is 2. The standard InChI is InChI=1S/C14H16O3/c1-2-17-14(16)11-10-13(15)9-8-12-6-4-3-5-7-12/h3-9H,2,10-11H2,1H3. The Morgan fingerprint density at radius 2 is 1.88 bits per heavy atom. The Morgan fingerprint density at radius 1 is 1.18 bits per heavy atom. The van der Waals surface area contributed by atoms with Gasteiger partial charge in [-0.25, -0.2) is 0 Å². The molecule has 0 saturated heterocycles. The van der Waals surface area contributed by atoms with Crippen LogP contribution in [0.25, 0.3) is 6.08 Å². The highest BCUT2D eigenvalue weighted by Gasteiger charge is 2.04. The maximum absolute atomic E-state index is 11.4. The largest absolute Gasteiger partial charge is 0.466 e. The van der Waals surface area contributed by atoms with Crippen molar-refractivity contribution in [2.75, 3.05) is 6.61 Å². The Balaban J connectivity index is 2.35. The van der Waals surface area contributed by atoms with E-state index in [1.165, 1.54) is 6.08 Å². The molecule has 0 atom stereocenters. The van der Waals surface area contributed by atoms with Crippen LogP contribution in [0.3, 0.4) is 0 Å². The van der Waals surface area contributed by atoms with Gasteiger partial charge < -0.3 is 4.74 Å². The number of esters is 1. The minimum Gasteiger partial charge on any atom is -0.466 e. The third-order valence-electron chi connectivity index (χ3n) is 2.14. The number of ketones is 1. The zero-order chi connectivity index (χ0) is 12.5. The SMILES string of the molecule is CCOC(=O)CCC(=O)C=Cc1ccccc1. The van der Waals surface area contributed by atoms with E-state index in [-0.39, 0.29) is 24.6 Å². The smallest absolute Gasteiger partial charge is 0.306 e. The average molecular weight is 232 g/mol. The third-order valence-corrected chi connectivity index (χ3v) is 2.14. The van der Waals surface area contributed by atoms with E-state index in [1.807, 2.05) is 30.3 Å². The van der Waals surface area contributed by atoms with Gasteiger partial charge in [-0.1, -0.05) is 36.4 Å². The molecule has 0 radical (unpaired) electrons. The molecule has 0 bridgehead atoms. The number of benzene rings is 1. The van der Waals surface area contributed by atoms with Gasteiger partial charge in [0.25, 0.3) is 0 Å². The summed E-state index contributed by atoms with van der Waals surface area (Å²) in [5, 5.41) is 0. The van der Waals surface area contributed by atoms with Crippen LogP contribution in [0, 0.1) is 0 Å². The zero-order valence-corrected chi connectivity index (χ0v) is 9.89. The van der Waals surface area contributed by atoms with Gasteiger partial charge in [0.15, 0.2) is 5.78 Å². The molecule has 0 unspecified atom stereocenters. The van der Waals surface area contributed by atoms with Crippen molar-refractivity contribution in [3.8, 4) is 0 Å². The van der Waals surface area contributed by atoms with Crippen LogP contribution in [0.5, 0.6) is 0 Å². The highest BCUT2D eigenvalue weighted by Crippen LogP contribution is 2.02. The molecule has 0 amide bonds. The second-order valence-electron chi connectivity index (χ2n) is 3.52. The van der Waals surface area contributed by atoms with Crippen LogP contribution in [0.15, 0.2) is 36.4 Å². The maximum atomic E-state index is 11.4. The quantitative estimate of drug-likeness (QED) is 0.559. The molecule has 1 aromatic rings. The summed E-state index contributed by atoms with van der Waals surface area (Å²) in [6.07, 6.45) is 3.58. The second kappa shape index (κ2) is 7.39. The number of carbonyl (C=O) groups is 2. The molecule has 1 aromatic carbocycles. The molecular weight excluding hydrogens is 216 g/mol. The summed E-state index contributed by atoms with van der Waals surface area (Å²) in [6, 6.07) is 9.55. The van der Waals surface area contributed by atoms with Crippen molar-refractivity contribution < 1.29 is 14.3 Å². The molecule has 17 heavy (non-hydrogen) atoms. The van der Waals surface area contributed by atoms with Crippen LogP contribution in [0.4, 0.5) is 0 Å². The second-order valence-corrected chi connectivity index (χ2v) is 3.52. The number of allylic oxidation sites excluding steroid dienone is 1. The van der Waals surface area contributed by atoms with Crippen molar-refractivity contribution in [3.05, 3.63) is 42.0 Å². The van der Waals surface area contributed by atoms with E-state index in [4.69, 9.17) is 4.74 Å². The van der Waals surface area contributed by atoms with Gasteiger partial charge in [0, 0.05) is 6.42 Å². The van der Waals surface area contributed by atoms with Crippen LogP contribution < -0.4 is 0 Å². The predicted octanol–water partition coefficient (Wildman–Crippen LogP) is 2.61. The molecule has 0 aliphatic heterocycles. The Bertz CT molecular complexity index is 393. The first-order valence-electron chi connectivity index (χ1n) is 5.64. The first-order chi connectivity index (χ1) is 8.22. The normalized spacial score (nSPS) is 10.4. The molecule has 0 heterocycles. The summed E-state index contributed by atoms with van der Waals surface area (Å²) in [5.41, 5.74) is 0.969. The van der Waals surface area contributed by atoms with E-state index < -0.39 is 0 Å². The van der Waals surface area contributed by atoms with Crippen molar-refractivity contribution in [1.29, 1.82) is 0 Å². The monoisotopic (exact) mass is 232 g/mol. The highest BCUT2D eigenvalue weighted by molar-refractivity contribution is 5.95. The topological polar surface area (TPSA) is 43.4 Å². The summed E-state index contributed by atoms with van der Waals surface area (Å²) in [5.74, 6) is -0.393. The van der Waals surface area contributed by atoms with Crippen molar-refractivity contribution >= 4 is 17.8 Å². The minimum absolute atomic E-state index is 0.0677. The molecule has 0 aromatic heterocycles. The van der Waals surface area contributed by atoms with E-state index in [0.29, 0.717) is 6.61 Å². The van der Waals surface area contributed by atoms with Crippen molar-refractivity contribution in [2.24, 2.45) is 0 Å². The van der Waals surface area contributed by atoms with E-state index in [2.05, 4.69) is 0 Å². The maximum Gasteiger partial charge on any atom is 0.306 e. The Kier molecular flexibility index (Phi) is 5.72. The molecule has 0 aliphatic carbocycles. The number of hydrogen-bond donors (Lipinski definition) is 0. The Morgan fingerprint density at radius 3 is 2.53 bits per heavy atom. The van der Waals surface area contributed by atoms with Gasteiger partial charge >= 0.3 is 5.97 Å². The minimum atomic E-state index is -0.325. The summed E-state index contributed by atoms with van der Waals surface area (Å²) in [6.45, 7) is 2.10. The van der Waals surface area contributed by atoms with E-state index >= 15 is 0 Å². The third kappa shape index (κ3) is 5.66. The van der Waals surface area contributed by atoms with Crippen LogP contribution >= 0.6 is 0 Å². The van der Waals surface area contributed by atoms with Gasteiger partial charge in [-0.2, -0.15) is 0 Å². The lowest BCUT2D eigenvalue weighted by atomic mass is 10.1. The van der Waals surface area contributed by atoms with Gasteiger partial charge in [0.05, 0.1) is 13.0 Å². The Labute approximate surface area is 101 Å².